The Labute approximate surface area is 135 Å². The number of nitrogens with one attached hydrogen (secondary N) is 2. The third-order valence-corrected chi connectivity index (χ3v) is 3.96. The third kappa shape index (κ3) is 5.06. The van der Waals surface area contributed by atoms with Crippen molar-refractivity contribution < 1.29 is 13.2 Å². The first kappa shape index (κ1) is 16.9. The lowest BCUT2D eigenvalue weighted by molar-refractivity contribution is 0.413. The molecule has 2 N–H and O–H groups in total. The molecule has 2 aromatic heterocycles. The summed E-state index contributed by atoms with van der Waals surface area (Å²) in [5.74, 6) is 1.75. The molecule has 9 heteroatoms. The first-order valence-corrected chi connectivity index (χ1v) is 8.95. The number of pyridine rings is 1. The molecule has 2 rings (SSSR count). The smallest absolute Gasteiger partial charge is 0.179 e. The molecule has 0 unspecified atom stereocenters. The topological polar surface area (TPSA) is 106 Å². The van der Waals surface area contributed by atoms with E-state index in [4.69, 9.17) is 4.74 Å². The first-order chi connectivity index (χ1) is 10.9. The van der Waals surface area contributed by atoms with Crippen molar-refractivity contribution in [2.75, 3.05) is 36.3 Å². The second-order valence-corrected chi connectivity index (χ2v) is 7.21. The lowest BCUT2D eigenvalue weighted by atomic mass is 10.3. The van der Waals surface area contributed by atoms with Gasteiger partial charge in [-0.3, -0.25) is 0 Å². The molecule has 0 saturated heterocycles. The van der Waals surface area contributed by atoms with Crippen LogP contribution in [0.1, 0.15) is 5.69 Å². The van der Waals surface area contributed by atoms with Crippen LogP contribution < -0.4 is 15.4 Å². The van der Waals surface area contributed by atoms with Gasteiger partial charge in [-0.2, -0.15) is 0 Å². The highest BCUT2D eigenvalue weighted by atomic mass is 32.2. The monoisotopic (exact) mass is 337 g/mol. The molecule has 0 fully saturated rings. The number of sulfone groups is 1. The average Bonchev–Trinajstić information content (AvgIpc) is 2.49. The van der Waals surface area contributed by atoms with E-state index in [0.29, 0.717) is 23.9 Å². The van der Waals surface area contributed by atoms with Gasteiger partial charge in [0.2, 0.25) is 0 Å². The Morgan fingerprint density at radius 1 is 1.30 bits per heavy atom. The minimum Gasteiger partial charge on any atom is -0.491 e. The molecule has 0 aliphatic heterocycles. The van der Waals surface area contributed by atoms with Crippen LogP contribution in [0.25, 0.3) is 0 Å². The van der Waals surface area contributed by atoms with Crippen LogP contribution in [-0.2, 0) is 9.84 Å². The summed E-state index contributed by atoms with van der Waals surface area (Å²) in [4.78, 5) is 12.4. The normalized spacial score (nSPS) is 11.1. The van der Waals surface area contributed by atoms with Gasteiger partial charge in [-0.1, -0.05) is 0 Å². The fourth-order valence-corrected chi connectivity index (χ4v) is 2.32. The Kier molecular flexibility index (Phi) is 5.32. The van der Waals surface area contributed by atoms with Crippen molar-refractivity contribution in [3.05, 3.63) is 30.4 Å². The number of nitrogens with zero attached hydrogens (tertiary/aromatic N) is 3. The summed E-state index contributed by atoms with van der Waals surface area (Å²) in [6, 6.07) is 3.61. The van der Waals surface area contributed by atoms with Crippen LogP contribution in [0.15, 0.2) is 24.7 Å². The zero-order chi connectivity index (χ0) is 16.9. The Morgan fingerprint density at radius 3 is 2.74 bits per heavy atom. The zero-order valence-electron chi connectivity index (χ0n) is 13.2. The van der Waals surface area contributed by atoms with Gasteiger partial charge in [0.1, 0.15) is 22.0 Å². The van der Waals surface area contributed by atoms with E-state index in [1.165, 1.54) is 12.6 Å². The first-order valence-electron chi connectivity index (χ1n) is 6.89. The number of rotatable bonds is 7. The van der Waals surface area contributed by atoms with Crippen LogP contribution in [-0.4, -0.2) is 49.0 Å². The van der Waals surface area contributed by atoms with E-state index in [2.05, 4.69) is 25.6 Å². The van der Waals surface area contributed by atoms with Crippen molar-refractivity contribution in [2.24, 2.45) is 0 Å². The summed E-state index contributed by atoms with van der Waals surface area (Å²) in [6.45, 7) is 2.16. The minimum atomic E-state index is -2.99. The predicted octanol–water partition coefficient (Wildman–Crippen LogP) is 1.39. The number of hydrogen-bond donors (Lipinski definition) is 2. The molecule has 0 amide bonds. The maximum atomic E-state index is 11.1. The maximum Gasteiger partial charge on any atom is 0.179 e. The van der Waals surface area contributed by atoms with Crippen molar-refractivity contribution >= 4 is 27.2 Å². The van der Waals surface area contributed by atoms with Crippen LogP contribution in [0.4, 0.5) is 17.3 Å². The number of hydrogen-bond acceptors (Lipinski definition) is 8. The van der Waals surface area contributed by atoms with Gasteiger partial charge in [0.05, 0.1) is 30.4 Å². The fraction of sp³-hybridized carbons (Fsp3) is 0.357. The highest BCUT2D eigenvalue weighted by Gasteiger charge is 2.08. The molecule has 0 aliphatic rings. The molecule has 0 radical (unpaired) electrons. The van der Waals surface area contributed by atoms with E-state index in [0.717, 1.165) is 11.4 Å². The molecule has 0 bridgehead atoms. The Balaban J connectivity index is 2.07. The molecule has 23 heavy (non-hydrogen) atoms. The quantitative estimate of drug-likeness (QED) is 0.781. The number of methoxy groups -OCH3 is 1. The predicted molar refractivity (Wildman–Crippen MR) is 89.0 cm³/mol. The molecule has 0 aliphatic carbocycles. The number of ether oxygens (including phenoxy) is 1. The largest absolute Gasteiger partial charge is 0.491 e. The summed E-state index contributed by atoms with van der Waals surface area (Å²) in [7, 11) is -1.45. The summed E-state index contributed by atoms with van der Waals surface area (Å²) in [5.41, 5.74) is 1.52. The van der Waals surface area contributed by atoms with Crippen molar-refractivity contribution in [2.45, 2.75) is 6.92 Å². The number of aromatic nitrogens is 3. The third-order valence-electron chi connectivity index (χ3n) is 3.02. The van der Waals surface area contributed by atoms with Crippen molar-refractivity contribution in [3.63, 3.8) is 0 Å². The van der Waals surface area contributed by atoms with Gasteiger partial charge < -0.3 is 15.4 Å². The number of aryl methyl sites for hydroxylation is 1. The van der Waals surface area contributed by atoms with Crippen LogP contribution in [0.3, 0.4) is 0 Å². The highest BCUT2D eigenvalue weighted by molar-refractivity contribution is 7.90. The van der Waals surface area contributed by atoms with Crippen LogP contribution in [0, 0.1) is 6.92 Å². The van der Waals surface area contributed by atoms with Gasteiger partial charge >= 0.3 is 0 Å². The maximum absolute atomic E-state index is 11.1. The van der Waals surface area contributed by atoms with E-state index in [1.807, 2.05) is 13.0 Å². The molecule has 0 saturated carbocycles. The molecule has 0 aromatic carbocycles. The number of anilines is 3. The molecule has 8 nitrogen and oxygen atoms in total. The molecule has 2 heterocycles. The fourth-order valence-electron chi connectivity index (χ4n) is 1.84. The summed E-state index contributed by atoms with van der Waals surface area (Å²) in [5, 5.41) is 6.12. The van der Waals surface area contributed by atoms with Gasteiger partial charge in [0, 0.05) is 12.8 Å². The SMILES string of the molecule is COc1cncnc1Nc1ccc(NCCS(C)(=O)=O)nc1C. The van der Waals surface area contributed by atoms with Crippen LogP contribution >= 0.6 is 0 Å². The highest BCUT2D eigenvalue weighted by Crippen LogP contribution is 2.25. The molecule has 124 valence electrons. The van der Waals surface area contributed by atoms with Gasteiger partial charge in [-0.05, 0) is 19.1 Å². The summed E-state index contributed by atoms with van der Waals surface area (Å²) >= 11 is 0. The van der Waals surface area contributed by atoms with E-state index in [-0.39, 0.29) is 5.75 Å². The summed E-state index contributed by atoms with van der Waals surface area (Å²) < 4.78 is 27.4. The summed E-state index contributed by atoms with van der Waals surface area (Å²) in [6.07, 6.45) is 4.20. The second kappa shape index (κ2) is 7.23. The van der Waals surface area contributed by atoms with Crippen molar-refractivity contribution in [1.82, 2.24) is 15.0 Å². The lowest BCUT2D eigenvalue weighted by Crippen LogP contribution is -2.15. The van der Waals surface area contributed by atoms with E-state index in [9.17, 15) is 8.42 Å². The molecule has 2 aromatic rings. The Bertz CT molecular complexity index is 780. The minimum absolute atomic E-state index is 0.0614. The second-order valence-electron chi connectivity index (χ2n) is 4.95. The van der Waals surface area contributed by atoms with Gasteiger partial charge in [0.15, 0.2) is 11.6 Å². The van der Waals surface area contributed by atoms with Crippen LogP contribution in [0.2, 0.25) is 0 Å². The van der Waals surface area contributed by atoms with E-state index < -0.39 is 9.84 Å². The van der Waals surface area contributed by atoms with E-state index in [1.54, 1.807) is 19.4 Å². The zero-order valence-corrected chi connectivity index (χ0v) is 14.0. The van der Waals surface area contributed by atoms with Gasteiger partial charge in [0.25, 0.3) is 0 Å². The van der Waals surface area contributed by atoms with Crippen LogP contribution in [0.5, 0.6) is 5.75 Å². The van der Waals surface area contributed by atoms with E-state index >= 15 is 0 Å². The standard InChI is InChI=1S/C14H19N5O3S/c1-10-11(19-14-12(22-2)8-15-9-17-14)4-5-13(18-10)16-6-7-23(3,20)21/h4-5,8-9H,6-7H2,1-3H3,(H,16,18)(H,15,17,19). The Hall–Kier alpha value is -2.42. The average molecular weight is 337 g/mol. The molecule has 0 atom stereocenters. The molecular weight excluding hydrogens is 318 g/mol. The Morgan fingerprint density at radius 2 is 2.09 bits per heavy atom. The van der Waals surface area contributed by atoms with Gasteiger partial charge in [-0.15, -0.1) is 0 Å². The molecular formula is C14H19N5O3S. The molecule has 0 spiro atoms. The van der Waals surface area contributed by atoms with Crippen molar-refractivity contribution in [3.8, 4) is 5.75 Å². The van der Waals surface area contributed by atoms with Gasteiger partial charge in [-0.25, -0.2) is 23.4 Å². The van der Waals surface area contributed by atoms with Crippen molar-refractivity contribution in [1.29, 1.82) is 0 Å². The lowest BCUT2D eigenvalue weighted by Gasteiger charge is -2.12.